The zero-order valence-corrected chi connectivity index (χ0v) is 18.5. The van der Waals surface area contributed by atoms with Crippen molar-refractivity contribution in [2.45, 2.75) is 13.8 Å². The molecule has 0 atom stereocenters. The standard InChI is InChI=1S/C21H33N5O2S/c1-17-4-3-5-19(18(17)2)23-20(27)16-25-8-10-26(11-9-25)21(29)22-6-7-24-12-14-28-15-13-24/h3-5H,6-16H2,1-2H3,(H,22,29)(H,23,27)/p+2. The van der Waals surface area contributed by atoms with Crippen LogP contribution < -0.4 is 20.4 Å². The molecule has 0 spiro atoms. The van der Waals surface area contributed by atoms with E-state index in [0.717, 1.165) is 81.9 Å². The maximum Gasteiger partial charge on any atom is 0.279 e. The van der Waals surface area contributed by atoms with Gasteiger partial charge in [0.2, 0.25) is 0 Å². The van der Waals surface area contributed by atoms with E-state index in [1.165, 1.54) is 10.5 Å². The maximum atomic E-state index is 12.5. The van der Waals surface area contributed by atoms with Crippen molar-refractivity contribution in [1.29, 1.82) is 0 Å². The van der Waals surface area contributed by atoms with Gasteiger partial charge in [-0.1, -0.05) is 12.1 Å². The number of aryl methyl sites for hydroxylation is 1. The van der Waals surface area contributed by atoms with Gasteiger partial charge in [0.25, 0.3) is 5.91 Å². The quantitative estimate of drug-likeness (QED) is 0.410. The molecule has 4 N–H and O–H groups in total. The molecule has 0 radical (unpaired) electrons. The Balaban J connectivity index is 1.34. The average Bonchev–Trinajstić information content (AvgIpc) is 2.72. The first-order chi connectivity index (χ1) is 14.0. The van der Waals surface area contributed by atoms with Crippen molar-refractivity contribution < 1.29 is 19.3 Å². The van der Waals surface area contributed by atoms with Crippen LogP contribution in [-0.2, 0) is 9.53 Å². The highest BCUT2D eigenvalue weighted by atomic mass is 32.1. The number of rotatable bonds is 6. The Labute approximate surface area is 179 Å². The fraction of sp³-hybridized carbons (Fsp3) is 0.619. The average molecular weight is 422 g/mol. The topological polar surface area (TPSA) is 62.5 Å². The molecule has 1 aromatic carbocycles. The summed E-state index contributed by atoms with van der Waals surface area (Å²) in [5.74, 6) is 0.0799. The Kier molecular flexibility index (Phi) is 8.23. The van der Waals surface area contributed by atoms with Crippen LogP contribution in [0.15, 0.2) is 18.2 Å². The van der Waals surface area contributed by atoms with Crippen molar-refractivity contribution >= 4 is 28.9 Å². The van der Waals surface area contributed by atoms with E-state index in [1.54, 1.807) is 4.90 Å². The number of anilines is 1. The van der Waals surface area contributed by atoms with Gasteiger partial charge in [0.1, 0.15) is 13.1 Å². The van der Waals surface area contributed by atoms with E-state index in [2.05, 4.69) is 28.5 Å². The number of amides is 1. The lowest BCUT2D eigenvalue weighted by atomic mass is 10.1. The lowest BCUT2D eigenvalue weighted by molar-refractivity contribution is -0.906. The van der Waals surface area contributed by atoms with Crippen LogP contribution in [0.25, 0.3) is 0 Å². The number of quaternary nitrogens is 2. The molecule has 0 unspecified atom stereocenters. The van der Waals surface area contributed by atoms with E-state index in [4.69, 9.17) is 17.0 Å². The summed E-state index contributed by atoms with van der Waals surface area (Å²) in [6.45, 7) is 14.1. The van der Waals surface area contributed by atoms with Gasteiger partial charge in [0, 0.05) is 5.69 Å². The molecule has 7 nitrogen and oxygen atoms in total. The van der Waals surface area contributed by atoms with Gasteiger partial charge in [-0.15, -0.1) is 0 Å². The number of thiocarbonyl (C=S) groups is 1. The van der Waals surface area contributed by atoms with Gasteiger partial charge in [-0.25, -0.2) is 0 Å². The third-order valence-corrected chi connectivity index (χ3v) is 6.40. The van der Waals surface area contributed by atoms with Crippen LogP contribution in [0.2, 0.25) is 0 Å². The zero-order chi connectivity index (χ0) is 20.6. The third kappa shape index (κ3) is 6.64. The summed E-state index contributed by atoms with van der Waals surface area (Å²) in [6.07, 6.45) is 0. The van der Waals surface area contributed by atoms with Crippen LogP contribution in [0.4, 0.5) is 5.69 Å². The molecule has 2 aliphatic heterocycles. The molecular formula is C21H35N5O2S+2. The van der Waals surface area contributed by atoms with Gasteiger partial charge in [0.05, 0.1) is 52.5 Å². The van der Waals surface area contributed by atoms with Crippen LogP contribution in [0.3, 0.4) is 0 Å². The Morgan fingerprint density at radius 3 is 2.59 bits per heavy atom. The van der Waals surface area contributed by atoms with Crippen LogP contribution in [0.5, 0.6) is 0 Å². The molecule has 0 saturated carbocycles. The molecule has 160 valence electrons. The first-order valence-corrected chi connectivity index (χ1v) is 11.1. The Bertz CT molecular complexity index is 700. The van der Waals surface area contributed by atoms with Gasteiger partial charge in [-0.3, -0.25) is 4.79 Å². The van der Waals surface area contributed by atoms with Crippen molar-refractivity contribution in [3.8, 4) is 0 Å². The van der Waals surface area contributed by atoms with Gasteiger partial charge in [0.15, 0.2) is 11.7 Å². The highest BCUT2D eigenvalue weighted by Gasteiger charge is 2.24. The zero-order valence-electron chi connectivity index (χ0n) is 17.7. The van der Waals surface area contributed by atoms with Crippen molar-refractivity contribution in [1.82, 2.24) is 10.2 Å². The normalized spacial score (nSPS) is 18.5. The molecule has 2 saturated heterocycles. The second kappa shape index (κ2) is 10.9. The molecule has 29 heavy (non-hydrogen) atoms. The summed E-state index contributed by atoms with van der Waals surface area (Å²) in [6, 6.07) is 6.02. The van der Waals surface area contributed by atoms with Crippen LogP contribution in [-0.4, -0.2) is 88.0 Å². The van der Waals surface area contributed by atoms with Crippen LogP contribution in [0.1, 0.15) is 11.1 Å². The highest BCUT2D eigenvalue weighted by molar-refractivity contribution is 7.80. The Hall–Kier alpha value is -1.74. The van der Waals surface area contributed by atoms with E-state index in [9.17, 15) is 4.79 Å². The summed E-state index contributed by atoms with van der Waals surface area (Å²) in [7, 11) is 0. The van der Waals surface area contributed by atoms with Crippen molar-refractivity contribution in [3.63, 3.8) is 0 Å². The van der Waals surface area contributed by atoms with Crippen LogP contribution in [0, 0.1) is 13.8 Å². The second-order valence-electron chi connectivity index (χ2n) is 8.05. The largest absolute Gasteiger partial charge is 0.370 e. The fourth-order valence-electron chi connectivity index (χ4n) is 3.88. The first-order valence-electron chi connectivity index (χ1n) is 10.7. The Morgan fingerprint density at radius 2 is 1.86 bits per heavy atom. The number of ether oxygens (including phenoxy) is 1. The van der Waals surface area contributed by atoms with E-state index in [1.807, 2.05) is 19.1 Å². The van der Waals surface area contributed by atoms with Gasteiger partial charge in [-0.05, 0) is 43.3 Å². The molecule has 1 aromatic rings. The summed E-state index contributed by atoms with van der Waals surface area (Å²) in [4.78, 5) is 17.6. The molecule has 2 fully saturated rings. The fourth-order valence-corrected chi connectivity index (χ4v) is 4.16. The number of morpholine rings is 1. The highest BCUT2D eigenvalue weighted by Crippen LogP contribution is 2.17. The number of hydrogen-bond donors (Lipinski definition) is 4. The minimum atomic E-state index is 0.0799. The molecule has 0 aliphatic carbocycles. The predicted molar refractivity (Wildman–Crippen MR) is 119 cm³/mol. The number of nitrogens with one attached hydrogen (secondary N) is 4. The van der Waals surface area contributed by atoms with Crippen LogP contribution >= 0.6 is 12.2 Å². The smallest absolute Gasteiger partial charge is 0.279 e. The molecule has 2 aliphatic rings. The van der Waals surface area contributed by atoms with Gasteiger partial charge >= 0.3 is 0 Å². The van der Waals surface area contributed by atoms with Gasteiger partial charge < -0.3 is 30.1 Å². The second-order valence-corrected chi connectivity index (χ2v) is 8.44. The van der Waals surface area contributed by atoms with E-state index >= 15 is 0 Å². The van der Waals surface area contributed by atoms with Crippen molar-refractivity contribution in [2.24, 2.45) is 0 Å². The van der Waals surface area contributed by atoms with Gasteiger partial charge in [-0.2, -0.15) is 0 Å². The van der Waals surface area contributed by atoms with E-state index < -0.39 is 0 Å². The first kappa shape index (κ1) is 22.0. The summed E-state index contributed by atoms with van der Waals surface area (Å²) < 4.78 is 5.40. The molecule has 0 aromatic heterocycles. The van der Waals surface area contributed by atoms with E-state index in [-0.39, 0.29) is 5.91 Å². The maximum absolute atomic E-state index is 12.5. The number of benzene rings is 1. The number of hydrogen-bond acceptors (Lipinski definition) is 3. The Morgan fingerprint density at radius 1 is 1.14 bits per heavy atom. The number of piperazine rings is 1. The monoisotopic (exact) mass is 421 g/mol. The molecule has 2 heterocycles. The lowest BCUT2D eigenvalue weighted by Crippen LogP contribution is -3.15. The molecule has 0 bridgehead atoms. The SMILES string of the molecule is Cc1cccc(NC(=O)C[NH+]2CCN(C(=S)NCC[NH+]3CCOCC3)CC2)c1C. The molecule has 1 amide bonds. The number of carbonyl (C=O) groups is 1. The summed E-state index contributed by atoms with van der Waals surface area (Å²) in [5.41, 5.74) is 3.25. The summed E-state index contributed by atoms with van der Waals surface area (Å²) in [5, 5.41) is 7.32. The van der Waals surface area contributed by atoms with Crippen molar-refractivity contribution in [3.05, 3.63) is 29.3 Å². The third-order valence-electron chi connectivity index (χ3n) is 6.00. The van der Waals surface area contributed by atoms with Crippen molar-refractivity contribution in [2.75, 3.05) is 77.4 Å². The lowest BCUT2D eigenvalue weighted by Gasteiger charge is -2.33. The number of carbonyl (C=O) groups excluding carboxylic acids is 1. The molecule has 3 rings (SSSR count). The predicted octanol–water partition coefficient (Wildman–Crippen LogP) is -1.77. The molecular weight excluding hydrogens is 386 g/mol. The molecule has 8 heteroatoms. The minimum absolute atomic E-state index is 0.0799. The van der Waals surface area contributed by atoms with E-state index in [0.29, 0.717) is 6.54 Å². The number of nitrogens with zero attached hydrogens (tertiary/aromatic N) is 1. The summed E-state index contributed by atoms with van der Waals surface area (Å²) >= 11 is 5.57. The minimum Gasteiger partial charge on any atom is -0.370 e.